The molecule has 0 bridgehead atoms. The number of Topliss-reactive ketones (excluding diaryl/α,β-unsaturated/α-hetero) is 2. The molecule has 3 nitrogen and oxygen atoms in total. The predicted molar refractivity (Wildman–Crippen MR) is 71.6 cm³/mol. The van der Waals surface area contributed by atoms with Crippen molar-refractivity contribution in [1.82, 2.24) is 0 Å². The largest absolute Gasteiger partial charge is 0.373 e. The topological polar surface area (TPSA) is 43.4 Å². The molecule has 1 spiro atoms. The summed E-state index contributed by atoms with van der Waals surface area (Å²) in [6.45, 7) is 6.34. The Morgan fingerprint density at radius 1 is 1.37 bits per heavy atom. The van der Waals surface area contributed by atoms with E-state index in [2.05, 4.69) is 6.08 Å². The van der Waals surface area contributed by atoms with Crippen molar-refractivity contribution in [2.75, 3.05) is 6.61 Å². The number of rotatable bonds is 2. The van der Waals surface area contributed by atoms with E-state index in [9.17, 15) is 9.59 Å². The molecule has 0 saturated heterocycles. The molecule has 3 heteroatoms. The number of hydrogen-bond acceptors (Lipinski definition) is 3. The van der Waals surface area contributed by atoms with Gasteiger partial charge < -0.3 is 4.74 Å². The number of allylic oxidation sites excluding steroid dienone is 1. The molecule has 0 amide bonds. The lowest BCUT2D eigenvalue weighted by atomic mass is 9.53. The number of fused-ring (bicyclic) bond motifs is 2. The highest BCUT2D eigenvalue weighted by Crippen LogP contribution is 2.64. The first-order valence-corrected chi connectivity index (χ1v) is 7.33. The Morgan fingerprint density at radius 3 is 2.63 bits per heavy atom. The van der Waals surface area contributed by atoms with Crippen LogP contribution in [0.4, 0.5) is 0 Å². The summed E-state index contributed by atoms with van der Waals surface area (Å²) in [6.07, 6.45) is 6.43. The Kier molecular flexibility index (Phi) is 2.76. The second-order valence-corrected chi connectivity index (χ2v) is 6.62. The van der Waals surface area contributed by atoms with Crippen molar-refractivity contribution in [3.8, 4) is 0 Å². The third-order valence-electron chi connectivity index (χ3n) is 5.35. The van der Waals surface area contributed by atoms with Crippen molar-refractivity contribution < 1.29 is 14.3 Å². The Balaban J connectivity index is 2.09. The first-order valence-electron chi connectivity index (χ1n) is 7.33. The van der Waals surface area contributed by atoms with Crippen LogP contribution in [0.5, 0.6) is 0 Å². The smallest absolute Gasteiger partial charge is 0.145 e. The number of carbonyl (C=O) groups excluding carboxylic acids is 2. The molecule has 0 aromatic rings. The summed E-state index contributed by atoms with van der Waals surface area (Å²) in [5.41, 5.74) is -0.689. The van der Waals surface area contributed by atoms with E-state index in [4.69, 9.17) is 4.74 Å². The average molecular weight is 262 g/mol. The van der Waals surface area contributed by atoms with Gasteiger partial charge in [-0.1, -0.05) is 19.1 Å². The highest BCUT2D eigenvalue weighted by Gasteiger charge is 2.66. The Hall–Kier alpha value is -0.960. The van der Waals surface area contributed by atoms with Gasteiger partial charge in [0.15, 0.2) is 0 Å². The molecule has 3 aliphatic rings. The van der Waals surface area contributed by atoms with Gasteiger partial charge in [-0.2, -0.15) is 0 Å². The van der Waals surface area contributed by atoms with Crippen LogP contribution < -0.4 is 0 Å². The van der Waals surface area contributed by atoms with E-state index in [1.165, 1.54) is 0 Å². The fourth-order valence-corrected chi connectivity index (χ4v) is 4.33. The molecule has 0 aliphatic heterocycles. The quantitative estimate of drug-likeness (QED) is 0.718. The normalized spacial score (nSPS) is 43.4. The van der Waals surface area contributed by atoms with Crippen LogP contribution in [0, 0.1) is 22.7 Å². The third kappa shape index (κ3) is 1.60. The van der Waals surface area contributed by atoms with Crippen LogP contribution in [0.3, 0.4) is 0 Å². The van der Waals surface area contributed by atoms with Gasteiger partial charge in [0, 0.05) is 24.9 Å². The molecule has 3 rings (SSSR count). The zero-order chi connectivity index (χ0) is 13.8. The fourth-order valence-electron chi connectivity index (χ4n) is 4.33. The van der Waals surface area contributed by atoms with Crippen molar-refractivity contribution in [1.29, 1.82) is 0 Å². The van der Waals surface area contributed by atoms with Crippen LogP contribution in [0.25, 0.3) is 0 Å². The molecular formula is C16H22O3. The van der Waals surface area contributed by atoms with Crippen LogP contribution >= 0.6 is 0 Å². The number of ether oxygens (including phenoxy) is 1. The van der Waals surface area contributed by atoms with Crippen molar-refractivity contribution in [2.45, 2.75) is 46.1 Å². The van der Waals surface area contributed by atoms with E-state index < -0.39 is 5.41 Å². The second kappa shape index (κ2) is 4.02. The Morgan fingerprint density at radius 2 is 2.05 bits per heavy atom. The summed E-state index contributed by atoms with van der Waals surface area (Å²) < 4.78 is 5.78. The molecule has 0 N–H and O–H groups in total. The Labute approximate surface area is 114 Å². The van der Waals surface area contributed by atoms with Crippen LogP contribution in [0.1, 0.15) is 40.0 Å². The molecule has 0 unspecified atom stereocenters. The second-order valence-electron chi connectivity index (χ2n) is 6.62. The SMILES string of the molecule is CCO[C@H]1C=CC2(CC2)[C@H]2C(=O)C[C@@H](C)C(=O)[C@@]12C. The summed E-state index contributed by atoms with van der Waals surface area (Å²) in [6, 6.07) is 0. The molecule has 19 heavy (non-hydrogen) atoms. The van der Waals surface area contributed by atoms with Gasteiger partial charge in [0.05, 0.1) is 11.5 Å². The van der Waals surface area contributed by atoms with Gasteiger partial charge in [0.25, 0.3) is 0 Å². The van der Waals surface area contributed by atoms with Crippen LogP contribution in [-0.2, 0) is 14.3 Å². The molecule has 0 radical (unpaired) electrons. The minimum atomic E-state index is -0.657. The molecule has 104 valence electrons. The maximum absolute atomic E-state index is 12.8. The molecule has 4 atom stereocenters. The van der Waals surface area contributed by atoms with Gasteiger partial charge in [0.1, 0.15) is 11.6 Å². The van der Waals surface area contributed by atoms with Gasteiger partial charge in [0.2, 0.25) is 0 Å². The van der Waals surface area contributed by atoms with Gasteiger partial charge in [-0.3, -0.25) is 9.59 Å². The first-order chi connectivity index (χ1) is 8.95. The molecule has 3 aliphatic carbocycles. The summed E-state index contributed by atoms with van der Waals surface area (Å²) in [5, 5.41) is 0. The number of hydrogen-bond donors (Lipinski definition) is 0. The molecule has 0 heterocycles. The maximum Gasteiger partial charge on any atom is 0.145 e. The van der Waals surface area contributed by atoms with Crippen LogP contribution in [0.2, 0.25) is 0 Å². The van der Waals surface area contributed by atoms with E-state index >= 15 is 0 Å². The highest BCUT2D eigenvalue weighted by atomic mass is 16.5. The highest BCUT2D eigenvalue weighted by molar-refractivity contribution is 6.01. The number of ketones is 2. The first kappa shape index (κ1) is 13.0. The zero-order valence-electron chi connectivity index (χ0n) is 11.9. The van der Waals surface area contributed by atoms with Crippen molar-refractivity contribution in [2.24, 2.45) is 22.7 Å². The summed E-state index contributed by atoms with van der Waals surface area (Å²) in [7, 11) is 0. The van der Waals surface area contributed by atoms with Gasteiger partial charge in [-0.05, 0) is 32.1 Å². The minimum Gasteiger partial charge on any atom is -0.373 e. The Bertz CT molecular complexity index is 461. The zero-order valence-corrected chi connectivity index (χ0v) is 11.9. The molecule has 0 aromatic heterocycles. The van der Waals surface area contributed by atoms with Gasteiger partial charge >= 0.3 is 0 Å². The predicted octanol–water partition coefficient (Wildman–Crippen LogP) is 2.54. The van der Waals surface area contributed by atoms with Gasteiger partial charge in [-0.25, -0.2) is 0 Å². The summed E-state index contributed by atoms with van der Waals surface area (Å²) >= 11 is 0. The minimum absolute atomic E-state index is 0.0325. The molecule has 2 fully saturated rings. The molecular weight excluding hydrogens is 240 g/mol. The van der Waals surface area contributed by atoms with E-state index in [0.717, 1.165) is 12.8 Å². The summed E-state index contributed by atoms with van der Waals surface area (Å²) in [4.78, 5) is 25.3. The van der Waals surface area contributed by atoms with Gasteiger partial charge in [-0.15, -0.1) is 0 Å². The lowest BCUT2D eigenvalue weighted by Gasteiger charge is -2.50. The molecule has 0 aromatic carbocycles. The van der Waals surface area contributed by atoms with Crippen LogP contribution in [0.15, 0.2) is 12.2 Å². The van der Waals surface area contributed by atoms with E-state index in [0.29, 0.717) is 13.0 Å². The van der Waals surface area contributed by atoms with Crippen molar-refractivity contribution in [3.05, 3.63) is 12.2 Å². The maximum atomic E-state index is 12.8. The lowest BCUT2D eigenvalue weighted by Crippen LogP contribution is -2.59. The van der Waals surface area contributed by atoms with E-state index in [1.54, 1.807) is 0 Å². The fraction of sp³-hybridized carbons (Fsp3) is 0.750. The number of carbonyl (C=O) groups is 2. The van der Waals surface area contributed by atoms with E-state index in [1.807, 2.05) is 26.8 Å². The van der Waals surface area contributed by atoms with E-state index in [-0.39, 0.29) is 34.9 Å². The average Bonchev–Trinajstić information content (AvgIpc) is 3.11. The van der Waals surface area contributed by atoms with Crippen molar-refractivity contribution >= 4 is 11.6 Å². The van der Waals surface area contributed by atoms with Crippen molar-refractivity contribution in [3.63, 3.8) is 0 Å². The molecule has 2 saturated carbocycles. The monoisotopic (exact) mass is 262 g/mol. The van der Waals surface area contributed by atoms with Crippen LogP contribution in [-0.4, -0.2) is 24.3 Å². The standard InChI is InChI=1S/C16H22O3/c1-4-19-12-5-6-16(7-8-16)13-11(17)9-10(2)14(18)15(12,13)3/h5-6,10,12-13H,4,7-9H2,1-3H3/t10-,12+,13+,15+/m1/s1. The third-order valence-corrected chi connectivity index (χ3v) is 5.35. The lowest BCUT2D eigenvalue weighted by molar-refractivity contribution is -0.162. The summed E-state index contributed by atoms with van der Waals surface area (Å²) in [5.74, 6) is 0.150.